The molecule has 1 heterocycles. The van der Waals surface area contributed by atoms with E-state index in [1.807, 2.05) is 50.2 Å². The lowest BCUT2D eigenvalue weighted by atomic mass is 10.0. The summed E-state index contributed by atoms with van der Waals surface area (Å²) >= 11 is 0. The fraction of sp³-hybridized carbons (Fsp3) is 0.409. The highest BCUT2D eigenvalue weighted by molar-refractivity contribution is 5.85. The molecule has 0 spiro atoms. The van der Waals surface area contributed by atoms with Crippen LogP contribution >= 0.6 is 0 Å². The summed E-state index contributed by atoms with van der Waals surface area (Å²) in [5, 5.41) is 9.38. The average Bonchev–Trinajstić information content (AvgIpc) is 2.86. The van der Waals surface area contributed by atoms with Gasteiger partial charge >= 0.3 is 0 Å². The van der Waals surface area contributed by atoms with Crippen LogP contribution in [-0.2, 0) is 17.9 Å². The van der Waals surface area contributed by atoms with Gasteiger partial charge in [-0.25, -0.2) is 0 Å². The summed E-state index contributed by atoms with van der Waals surface area (Å²) in [6.07, 6.45) is 0. The molecular formula is C22H27NO4. The summed E-state index contributed by atoms with van der Waals surface area (Å²) in [6, 6.07) is 11.4. The van der Waals surface area contributed by atoms with Crippen molar-refractivity contribution in [3.8, 4) is 11.5 Å². The van der Waals surface area contributed by atoms with Crippen molar-refractivity contribution in [3.05, 3.63) is 58.7 Å². The van der Waals surface area contributed by atoms with Crippen molar-refractivity contribution in [2.24, 2.45) is 0 Å². The van der Waals surface area contributed by atoms with Crippen LogP contribution in [0.5, 0.6) is 11.5 Å². The van der Waals surface area contributed by atoms with E-state index >= 15 is 0 Å². The lowest BCUT2D eigenvalue weighted by Crippen LogP contribution is -2.49. The fourth-order valence-corrected chi connectivity index (χ4v) is 3.25. The molecule has 1 aliphatic heterocycles. The van der Waals surface area contributed by atoms with Gasteiger partial charge < -0.3 is 19.5 Å². The molecule has 0 saturated carbocycles. The summed E-state index contributed by atoms with van der Waals surface area (Å²) < 4.78 is 11.9. The number of amides is 1. The number of aryl methyl sites for hydroxylation is 1. The minimum absolute atomic E-state index is 0.0392. The highest BCUT2D eigenvalue weighted by Gasteiger charge is 2.35. The first-order valence-electron chi connectivity index (χ1n) is 9.22. The Balaban J connectivity index is 1.81. The van der Waals surface area contributed by atoms with Crippen molar-refractivity contribution in [2.45, 2.75) is 46.4 Å². The van der Waals surface area contributed by atoms with E-state index in [2.05, 4.69) is 0 Å². The lowest BCUT2D eigenvalue weighted by molar-refractivity contribution is -0.146. The summed E-state index contributed by atoms with van der Waals surface area (Å²) in [7, 11) is 0. The van der Waals surface area contributed by atoms with E-state index in [0.717, 1.165) is 33.8 Å². The molecule has 3 rings (SSSR count). The van der Waals surface area contributed by atoms with Crippen LogP contribution in [-0.4, -0.2) is 34.7 Å². The van der Waals surface area contributed by atoms with Crippen molar-refractivity contribution in [1.82, 2.24) is 4.90 Å². The second-order valence-corrected chi connectivity index (χ2v) is 7.49. The number of aliphatic hydroxyl groups is 1. The molecule has 0 aliphatic carbocycles. The quantitative estimate of drug-likeness (QED) is 0.898. The van der Waals surface area contributed by atoms with E-state index in [4.69, 9.17) is 9.47 Å². The van der Waals surface area contributed by atoms with Crippen LogP contribution in [0.15, 0.2) is 36.4 Å². The minimum atomic E-state index is -1.00. The summed E-state index contributed by atoms with van der Waals surface area (Å²) in [5.74, 6) is 1.40. The molecule has 2 aromatic carbocycles. The topological polar surface area (TPSA) is 59.0 Å². The van der Waals surface area contributed by atoms with Gasteiger partial charge in [-0.1, -0.05) is 18.2 Å². The lowest BCUT2D eigenvalue weighted by Gasteiger charge is -2.32. The number of carbonyl (C=O) groups excluding carboxylic acids is 1. The van der Waals surface area contributed by atoms with Gasteiger partial charge in [-0.2, -0.15) is 0 Å². The third-order valence-corrected chi connectivity index (χ3v) is 5.01. The van der Waals surface area contributed by atoms with Crippen molar-refractivity contribution in [1.29, 1.82) is 0 Å². The van der Waals surface area contributed by atoms with E-state index in [1.54, 1.807) is 18.7 Å². The summed E-state index contributed by atoms with van der Waals surface area (Å²) in [4.78, 5) is 15.0. The smallest absolute Gasteiger partial charge is 0.266 e. The molecule has 0 radical (unpaired) electrons. The number of hydrogen-bond acceptors (Lipinski definition) is 4. The molecule has 0 fully saturated rings. The number of benzene rings is 2. The van der Waals surface area contributed by atoms with Crippen LogP contribution in [0.25, 0.3) is 0 Å². The van der Waals surface area contributed by atoms with Crippen LogP contribution in [0.3, 0.4) is 0 Å². The van der Waals surface area contributed by atoms with Crippen molar-refractivity contribution < 1.29 is 19.4 Å². The zero-order valence-corrected chi connectivity index (χ0v) is 16.4. The number of aliphatic hydroxyl groups excluding tert-OH is 1. The molecule has 0 aromatic heterocycles. The minimum Gasteiger partial charge on any atom is -0.491 e. The van der Waals surface area contributed by atoms with Crippen LogP contribution < -0.4 is 9.47 Å². The Kier molecular flexibility index (Phi) is 5.42. The molecular weight excluding hydrogens is 342 g/mol. The number of ether oxygens (including phenoxy) is 2. The molecule has 1 amide bonds. The van der Waals surface area contributed by atoms with Crippen LogP contribution in [0.2, 0.25) is 0 Å². The fourth-order valence-electron chi connectivity index (χ4n) is 3.25. The molecule has 5 heteroatoms. The highest BCUT2D eigenvalue weighted by Crippen LogP contribution is 2.29. The number of carbonyl (C=O) groups is 1. The molecule has 1 N–H and O–H groups in total. The standard InChI is InChI=1S/C22H27NO4/c1-15-6-5-7-19(16(15)2)27-22(3,4)21(25)23-10-11-26-20-9-8-17(14-24)12-18(20)13-23/h5-9,12,24H,10-11,13-14H2,1-4H3. The van der Waals surface area contributed by atoms with Gasteiger partial charge in [-0.15, -0.1) is 0 Å². The molecule has 0 bridgehead atoms. The number of hydrogen-bond donors (Lipinski definition) is 1. The Morgan fingerprint density at radius 2 is 2.04 bits per heavy atom. The first-order chi connectivity index (χ1) is 12.8. The maximum Gasteiger partial charge on any atom is 0.266 e. The van der Waals surface area contributed by atoms with E-state index in [9.17, 15) is 9.90 Å². The van der Waals surface area contributed by atoms with Crippen LogP contribution in [0, 0.1) is 13.8 Å². The Labute approximate surface area is 160 Å². The average molecular weight is 369 g/mol. The first-order valence-corrected chi connectivity index (χ1v) is 9.22. The van der Waals surface area contributed by atoms with Crippen LogP contribution in [0.4, 0.5) is 0 Å². The van der Waals surface area contributed by atoms with Crippen LogP contribution in [0.1, 0.15) is 36.1 Å². The second-order valence-electron chi connectivity index (χ2n) is 7.49. The monoisotopic (exact) mass is 369 g/mol. The molecule has 27 heavy (non-hydrogen) atoms. The van der Waals surface area contributed by atoms with Crippen molar-refractivity contribution in [2.75, 3.05) is 13.2 Å². The maximum atomic E-state index is 13.2. The first kappa shape index (κ1) is 19.2. The summed E-state index contributed by atoms with van der Waals surface area (Å²) in [5.41, 5.74) is 2.87. The largest absolute Gasteiger partial charge is 0.491 e. The molecule has 144 valence electrons. The normalized spacial score (nSPS) is 14.2. The van der Waals surface area contributed by atoms with Gasteiger partial charge in [0.05, 0.1) is 13.2 Å². The van der Waals surface area contributed by atoms with Gasteiger partial charge in [0.25, 0.3) is 5.91 Å². The van der Waals surface area contributed by atoms with Gasteiger partial charge in [-0.05, 0) is 62.6 Å². The van der Waals surface area contributed by atoms with Gasteiger partial charge in [0.1, 0.15) is 18.1 Å². The van der Waals surface area contributed by atoms with Crippen molar-refractivity contribution in [3.63, 3.8) is 0 Å². The van der Waals surface area contributed by atoms with Gasteiger partial charge in [0.15, 0.2) is 5.60 Å². The SMILES string of the molecule is Cc1cccc(OC(C)(C)C(=O)N2CCOc3ccc(CO)cc3C2)c1C. The molecule has 0 atom stereocenters. The van der Waals surface area contributed by atoms with E-state index in [1.165, 1.54) is 0 Å². The number of fused-ring (bicyclic) bond motifs is 1. The molecule has 2 aromatic rings. The Morgan fingerprint density at radius 3 is 2.78 bits per heavy atom. The molecule has 1 aliphatic rings. The predicted molar refractivity (Wildman–Crippen MR) is 104 cm³/mol. The summed E-state index contributed by atoms with van der Waals surface area (Å²) in [6.45, 7) is 8.93. The Morgan fingerprint density at radius 1 is 1.26 bits per heavy atom. The third-order valence-electron chi connectivity index (χ3n) is 5.01. The second kappa shape index (κ2) is 7.61. The Hall–Kier alpha value is -2.53. The Bertz CT molecular complexity index is 844. The number of rotatable bonds is 4. The van der Waals surface area contributed by atoms with Gasteiger partial charge in [-0.3, -0.25) is 4.79 Å². The predicted octanol–water partition coefficient (Wildman–Crippen LogP) is 3.37. The molecule has 5 nitrogen and oxygen atoms in total. The zero-order chi connectivity index (χ0) is 19.6. The van der Waals surface area contributed by atoms with Crippen molar-refractivity contribution >= 4 is 5.91 Å². The highest BCUT2D eigenvalue weighted by atomic mass is 16.5. The van der Waals surface area contributed by atoms with Gasteiger partial charge in [0.2, 0.25) is 0 Å². The van der Waals surface area contributed by atoms with E-state index in [-0.39, 0.29) is 12.5 Å². The number of nitrogens with zero attached hydrogens (tertiary/aromatic N) is 1. The van der Waals surface area contributed by atoms with E-state index in [0.29, 0.717) is 19.7 Å². The van der Waals surface area contributed by atoms with Gasteiger partial charge in [0, 0.05) is 12.1 Å². The third kappa shape index (κ3) is 4.08. The maximum absolute atomic E-state index is 13.2. The molecule has 0 unspecified atom stereocenters. The van der Waals surface area contributed by atoms with E-state index < -0.39 is 5.60 Å². The molecule has 0 saturated heterocycles. The zero-order valence-electron chi connectivity index (χ0n) is 16.4.